The zero-order chi connectivity index (χ0) is 14.2. The minimum absolute atomic E-state index is 0.102. The number of benzene rings is 1. The van der Waals surface area contributed by atoms with Gasteiger partial charge in [0.25, 0.3) is 10.0 Å². The molecule has 0 spiro atoms. The van der Waals surface area contributed by atoms with Gasteiger partial charge in [0.1, 0.15) is 5.75 Å². The summed E-state index contributed by atoms with van der Waals surface area (Å²) in [4.78, 5) is 0. The average molecular weight is 362 g/mol. The second-order valence-electron chi connectivity index (χ2n) is 4.07. The number of rotatable bonds is 3. The number of nitrogens with one attached hydrogen (secondary N) is 1. The molecule has 0 amide bonds. The lowest BCUT2D eigenvalue weighted by Gasteiger charge is -2.12. The van der Waals surface area contributed by atoms with Crippen molar-refractivity contribution < 1.29 is 13.5 Å². The Morgan fingerprint density at radius 1 is 1.26 bits per heavy atom. The van der Waals surface area contributed by atoms with E-state index in [1.54, 1.807) is 37.4 Å². The monoisotopic (exact) mass is 361 g/mol. The lowest BCUT2D eigenvalue weighted by atomic mass is 10.1. The highest BCUT2D eigenvalue weighted by atomic mass is 79.9. The molecule has 0 unspecified atom stereocenters. The van der Waals surface area contributed by atoms with E-state index in [2.05, 4.69) is 20.7 Å². The van der Waals surface area contributed by atoms with Crippen LogP contribution in [0.4, 0.5) is 5.69 Å². The van der Waals surface area contributed by atoms with E-state index in [0.29, 0.717) is 21.3 Å². The Balaban J connectivity index is 2.42. The van der Waals surface area contributed by atoms with Gasteiger partial charge in [0.2, 0.25) is 0 Å². The van der Waals surface area contributed by atoms with E-state index in [-0.39, 0.29) is 9.96 Å². The van der Waals surface area contributed by atoms with Crippen LogP contribution in [0.2, 0.25) is 0 Å². The molecule has 0 fully saturated rings. The van der Waals surface area contributed by atoms with Crippen LogP contribution < -0.4 is 4.72 Å². The Bertz CT molecular complexity index is 723. The molecular weight excluding hydrogens is 350 g/mol. The summed E-state index contributed by atoms with van der Waals surface area (Å²) in [6, 6.07) is 4.99. The van der Waals surface area contributed by atoms with Gasteiger partial charge in [-0.15, -0.1) is 11.3 Å². The molecule has 0 saturated heterocycles. The van der Waals surface area contributed by atoms with Crippen molar-refractivity contribution in [3.63, 3.8) is 0 Å². The minimum Gasteiger partial charge on any atom is -0.507 e. The number of halogens is 1. The standard InChI is InChI=1S/C12H12BrNO3S2/c1-7-3-4-10(8(2)11(7)15)14-19(16,17)12-9(13)5-6-18-12/h3-6,14-15H,1-2H3. The van der Waals surface area contributed by atoms with Crippen molar-refractivity contribution in [2.75, 3.05) is 4.72 Å². The van der Waals surface area contributed by atoms with E-state index in [9.17, 15) is 13.5 Å². The smallest absolute Gasteiger partial charge is 0.272 e. The van der Waals surface area contributed by atoms with Crippen LogP contribution >= 0.6 is 27.3 Å². The van der Waals surface area contributed by atoms with Gasteiger partial charge in [-0.25, -0.2) is 8.42 Å². The van der Waals surface area contributed by atoms with Gasteiger partial charge in [-0.3, -0.25) is 4.72 Å². The van der Waals surface area contributed by atoms with E-state index in [4.69, 9.17) is 0 Å². The van der Waals surface area contributed by atoms with E-state index < -0.39 is 10.0 Å². The number of sulfonamides is 1. The molecule has 4 nitrogen and oxygen atoms in total. The average Bonchev–Trinajstić information content (AvgIpc) is 2.77. The molecule has 102 valence electrons. The van der Waals surface area contributed by atoms with E-state index in [1.165, 1.54) is 0 Å². The lowest BCUT2D eigenvalue weighted by Crippen LogP contribution is -2.13. The predicted octanol–water partition coefficient (Wildman–Crippen LogP) is 3.63. The molecule has 0 aliphatic heterocycles. The Kier molecular flexibility index (Phi) is 3.89. The maximum atomic E-state index is 12.2. The van der Waals surface area contributed by atoms with Crippen LogP contribution in [0.3, 0.4) is 0 Å². The number of thiophene rings is 1. The van der Waals surface area contributed by atoms with Crippen LogP contribution in [0.15, 0.2) is 32.3 Å². The second kappa shape index (κ2) is 5.15. The van der Waals surface area contributed by atoms with Crippen molar-refractivity contribution in [2.45, 2.75) is 18.1 Å². The molecule has 0 aliphatic carbocycles. The fraction of sp³-hybridized carbons (Fsp3) is 0.167. The zero-order valence-corrected chi connectivity index (χ0v) is 13.5. The van der Waals surface area contributed by atoms with Crippen molar-refractivity contribution >= 4 is 43.0 Å². The van der Waals surface area contributed by atoms with Crippen molar-refractivity contribution in [3.05, 3.63) is 39.2 Å². The molecule has 1 aromatic heterocycles. The van der Waals surface area contributed by atoms with Gasteiger partial charge >= 0.3 is 0 Å². The highest BCUT2D eigenvalue weighted by Crippen LogP contribution is 2.32. The first-order valence-electron chi connectivity index (χ1n) is 5.38. The molecule has 0 atom stereocenters. The molecule has 1 heterocycles. The second-order valence-corrected chi connectivity index (χ2v) is 7.71. The third kappa shape index (κ3) is 2.77. The summed E-state index contributed by atoms with van der Waals surface area (Å²) in [7, 11) is -3.64. The lowest BCUT2D eigenvalue weighted by molar-refractivity contribution is 0.467. The van der Waals surface area contributed by atoms with Gasteiger partial charge in [-0.2, -0.15) is 0 Å². The number of phenols is 1. The summed E-state index contributed by atoms with van der Waals surface area (Å²) in [5, 5.41) is 11.5. The molecule has 2 rings (SSSR count). The molecule has 0 aliphatic rings. The highest BCUT2D eigenvalue weighted by molar-refractivity contribution is 9.10. The van der Waals surface area contributed by atoms with Crippen LogP contribution in [-0.2, 0) is 10.0 Å². The van der Waals surface area contributed by atoms with Crippen LogP contribution in [0, 0.1) is 13.8 Å². The first kappa shape index (κ1) is 14.4. The Hall–Kier alpha value is -1.05. The molecule has 0 radical (unpaired) electrons. The molecule has 0 bridgehead atoms. The third-order valence-electron chi connectivity index (χ3n) is 2.71. The van der Waals surface area contributed by atoms with Gasteiger partial charge in [0.05, 0.1) is 5.69 Å². The van der Waals surface area contributed by atoms with Gasteiger partial charge < -0.3 is 5.11 Å². The fourth-order valence-corrected chi connectivity index (χ4v) is 5.07. The van der Waals surface area contributed by atoms with Crippen LogP contribution in [-0.4, -0.2) is 13.5 Å². The Morgan fingerprint density at radius 2 is 1.95 bits per heavy atom. The van der Waals surface area contributed by atoms with E-state index >= 15 is 0 Å². The van der Waals surface area contributed by atoms with Crippen LogP contribution in [0.25, 0.3) is 0 Å². The Labute approximate surface area is 124 Å². The topological polar surface area (TPSA) is 66.4 Å². The molecule has 2 aromatic rings. The van der Waals surface area contributed by atoms with Crippen molar-refractivity contribution in [3.8, 4) is 5.75 Å². The Morgan fingerprint density at radius 3 is 2.53 bits per heavy atom. The molecule has 0 saturated carbocycles. The summed E-state index contributed by atoms with van der Waals surface area (Å²) in [6.45, 7) is 3.43. The predicted molar refractivity (Wildman–Crippen MR) is 80.4 cm³/mol. The van der Waals surface area contributed by atoms with Crippen LogP contribution in [0.5, 0.6) is 5.75 Å². The third-order valence-corrected chi connectivity index (χ3v) is 6.74. The highest BCUT2D eigenvalue weighted by Gasteiger charge is 2.20. The van der Waals surface area contributed by atoms with E-state index in [1.807, 2.05) is 0 Å². The van der Waals surface area contributed by atoms with Crippen molar-refractivity contribution in [1.82, 2.24) is 0 Å². The van der Waals surface area contributed by atoms with Gasteiger partial charge in [-0.05, 0) is 52.9 Å². The first-order valence-corrected chi connectivity index (χ1v) is 8.53. The summed E-state index contributed by atoms with van der Waals surface area (Å²) >= 11 is 4.33. The van der Waals surface area contributed by atoms with Gasteiger partial charge in [-0.1, -0.05) is 6.07 Å². The van der Waals surface area contributed by atoms with Crippen molar-refractivity contribution in [2.24, 2.45) is 0 Å². The number of phenolic OH excluding ortho intramolecular Hbond substituents is 1. The van der Waals surface area contributed by atoms with Gasteiger partial charge in [0, 0.05) is 10.0 Å². The number of aromatic hydroxyl groups is 1. The molecule has 2 N–H and O–H groups in total. The summed E-state index contributed by atoms with van der Waals surface area (Å²) in [6.07, 6.45) is 0. The number of anilines is 1. The van der Waals surface area contributed by atoms with Crippen molar-refractivity contribution in [1.29, 1.82) is 0 Å². The zero-order valence-electron chi connectivity index (χ0n) is 10.3. The fourth-order valence-electron chi connectivity index (χ4n) is 1.61. The molecule has 7 heteroatoms. The van der Waals surface area contributed by atoms with Crippen LogP contribution in [0.1, 0.15) is 11.1 Å². The summed E-state index contributed by atoms with van der Waals surface area (Å²) in [5.74, 6) is 0.102. The number of aryl methyl sites for hydroxylation is 1. The number of hydrogen-bond acceptors (Lipinski definition) is 4. The maximum Gasteiger partial charge on any atom is 0.272 e. The normalized spacial score (nSPS) is 11.5. The largest absolute Gasteiger partial charge is 0.507 e. The molecule has 1 aromatic carbocycles. The maximum absolute atomic E-state index is 12.2. The van der Waals surface area contributed by atoms with Gasteiger partial charge in [0.15, 0.2) is 4.21 Å². The number of hydrogen-bond donors (Lipinski definition) is 2. The first-order chi connectivity index (χ1) is 8.83. The summed E-state index contributed by atoms with van der Waals surface area (Å²) in [5.41, 5.74) is 1.59. The molecule has 19 heavy (non-hydrogen) atoms. The molecular formula is C12H12BrNO3S2. The van der Waals surface area contributed by atoms with E-state index in [0.717, 1.165) is 11.3 Å². The quantitative estimate of drug-likeness (QED) is 0.876. The summed E-state index contributed by atoms with van der Waals surface area (Å²) < 4.78 is 27.7. The SMILES string of the molecule is Cc1ccc(NS(=O)(=O)c2sccc2Br)c(C)c1O. The minimum atomic E-state index is -3.64.